The fraction of sp³-hybridized carbons (Fsp3) is 0.533. The van der Waals surface area contributed by atoms with Crippen LogP contribution in [0.2, 0.25) is 0 Å². The number of hydrogen-bond donors (Lipinski definition) is 1. The van der Waals surface area contributed by atoms with Crippen molar-refractivity contribution in [1.29, 1.82) is 0 Å². The molecule has 0 spiro atoms. The fourth-order valence-electron chi connectivity index (χ4n) is 2.16. The van der Waals surface area contributed by atoms with Crippen molar-refractivity contribution in [2.45, 2.75) is 18.7 Å². The van der Waals surface area contributed by atoms with Crippen molar-refractivity contribution >= 4 is 15.7 Å². The SMILES string of the molecule is CCN(CC)CC[NH+]([O-])C(=O)c1cc(S(C)(=O)=O)ccc1OC. The summed E-state index contributed by atoms with van der Waals surface area (Å²) < 4.78 is 28.3. The molecule has 1 aromatic carbocycles. The van der Waals surface area contributed by atoms with Crippen LogP contribution in [-0.2, 0) is 9.84 Å². The Kier molecular flexibility index (Phi) is 7.14. The highest BCUT2D eigenvalue weighted by atomic mass is 32.2. The molecular formula is C15H24N2O5S. The van der Waals surface area contributed by atoms with E-state index in [4.69, 9.17) is 4.74 Å². The number of nitrogens with one attached hydrogen (secondary N) is 1. The summed E-state index contributed by atoms with van der Waals surface area (Å²) in [4.78, 5) is 14.4. The highest BCUT2D eigenvalue weighted by Gasteiger charge is 2.22. The van der Waals surface area contributed by atoms with Crippen molar-refractivity contribution in [3.63, 3.8) is 0 Å². The minimum atomic E-state index is -3.47. The van der Waals surface area contributed by atoms with Crippen LogP contribution in [-0.4, -0.2) is 58.8 Å². The quantitative estimate of drug-likeness (QED) is 0.666. The lowest BCUT2D eigenvalue weighted by Crippen LogP contribution is -3.10. The largest absolute Gasteiger partial charge is 0.626 e. The fourth-order valence-corrected chi connectivity index (χ4v) is 2.81. The molecule has 1 unspecified atom stereocenters. The topological polar surface area (TPSA) is 91.2 Å². The van der Waals surface area contributed by atoms with E-state index in [-0.39, 0.29) is 22.8 Å². The molecule has 0 fully saturated rings. The highest BCUT2D eigenvalue weighted by molar-refractivity contribution is 7.90. The Bertz CT molecular complexity index is 641. The normalized spacial score (nSPS) is 13.1. The van der Waals surface area contributed by atoms with Crippen LogP contribution in [0, 0.1) is 5.21 Å². The maximum Gasteiger partial charge on any atom is 0.348 e. The summed E-state index contributed by atoms with van der Waals surface area (Å²) in [5.41, 5.74) is -0.0139. The highest BCUT2D eigenvalue weighted by Crippen LogP contribution is 2.21. The van der Waals surface area contributed by atoms with Crippen molar-refractivity contribution in [3.8, 4) is 5.75 Å². The first kappa shape index (κ1) is 19.6. The van der Waals surface area contributed by atoms with E-state index in [1.165, 1.54) is 25.3 Å². The Morgan fingerprint density at radius 2 is 1.91 bits per heavy atom. The zero-order valence-corrected chi connectivity index (χ0v) is 14.8. The predicted octanol–water partition coefficient (Wildman–Crippen LogP) is -0.0366. The van der Waals surface area contributed by atoms with Gasteiger partial charge in [-0.25, -0.2) is 13.2 Å². The molecule has 0 saturated carbocycles. The summed E-state index contributed by atoms with van der Waals surface area (Å²) >= 11 is 0. The van der Waals surface area contributed by atoms with Gasteiger partial charge in [-0.05, 0) is 31.3 Å². The van der Waals surface area contributed by atoms with Gasteiger partial charge in [-0.15, -0.1) is 0 Å². The van der Waals surface area contributed by atoms with E-state index < -0.39 is 20.8 Å². The number of ether oxygens (including phenoxy) is 1. The van der Waals surface area contributed by atoms with E-state index in [0.29, 0.717) is 6.54 Å². The molecule has 1 N–H and O–H groups in total. The van der Waals surface area contributed by atoms with Crippen LogP contribution >= 0.6 is 0 Å². The number of carbonyl (C=O) groups excluding carboxylic acids is 1. The molecule has 8 heteroatoms. The molecule has 7 nitrogen and oxygen atoms in total. The number of likely N-dealkylation sites (N-methyl/N-ethyl adjacent to an activating group) is 1. The first-order chi connectivity index (χ1) is 10.7. The van der Waals surface area contributed by atoms with Crippen LogP contribution in [0.3, 0.4) is 0 Å². The Labute approximate surface area is 137 Å². The van der Waals surface area contributed by atoms with Crippen molar-refractivity contribution in [2.75, 3.05) is 39.5 Å². The third kappa shape index (κ3) is 5.28. The average Bonchev–Trinajstić information content (AvgIpc) is 2.53. The number of hydroxylamine groups is 2. The van der Waals surface area contributed by atoms with Gasteiger partial charge in [0.2, 0.25) is 0 Å². The Hall–Kier alpha value is -1.48. The van der Waals surface area contributed by atoms with Crippen LogP contribution in [0.5, 0.6) is 5.75 Å². The number of quaternary nitrogens is 1. The summed E-state index contributed by atoms with van der Waals surface area (Å²) in [6.07, 6.45) is 1.05. The van der Waals surface area contributed by atoms with Gasteiger partial charge in [-0.1, -0.05) is 13.8 Å². The molecule has 0 aliphatic rings. The molecule has 1 rings (SSSR count). The van der Waals surface area contributed by atoms with Gasteiger partial charge in [0.15, 0.2) is 9.84 Å². The zero-order valence-electron chi connectivity index (χ0n) is 14.0. The second-order valence-electron chi connectivity index (χ2n) is 5.16. The van der Waals surface area contributed by atoms with E-state index in [9.17, 15) is 18.4 Å². The minimum Gasteiger partial charge on any atom is -0.626 e. The molecule has 0 aromatic heterocycles. The predicted molar refractivity (Wildman–Crippen MR) is 87.4 cm³/mol. The van der Waals surface area contributed by atoms with Gasteiger partial charge in [-0.2, -0.15) is 0 Å². The van der Waals surface area contributed by atoms with Gasteiger partial charge in [0.25, 0.3) is 0 Å². The molecule has 0 radical (unpaired) electrons. The molecule has 0 bridgehead atoms. The van der Waals surface area contributed by atoms with Gasteiger partial charge in [-0.3, -0.25) is 4.90 Å². The Morgan fingerprint density at radius 1 is 1.30 bits per heavy atom. The van der Waals surface area contributed by atoms with Crippen molar-refractivity contribution in [3.05, 3.63) is 29.0 Å². The van der Waals surface area contributed by atoms with E-state index in [0.717, 1.165) is 19.3 Å². The second-order valence-corrected chi connectivity index (χ2v) is 7.18. The Balaban J connectivity index is 3.01. The maximum atomic E-state index is 12.3. The average molecular weight is 344 g/mol. The van der Waals surface area contributed by atoms with Crippen LogP contribution in [0.15, 0.2) is 23.1 Å². The van der Waals surface area contributed by atoms with Crippen molar-refractivity contribution < 1.29 is 23.0 Å². The minimum absolute atomic E-state index is 0.0139. The molecule has 0 saturated heterocycles. The molecule has 0 aliphatic carbocycles. The molecular weight excluding hydrogens is 320 g/mol. The Morgan fingerprint density at radius 3 is 2.39 bits per heavy atom. The number of nitrogens with zero attached hydrogens (tertiary/aromatic N) is 1. The number of benzene rings is 1. The number of methoxy groups -OCH3 is 1. The zero-order chi connectivity index (χ0) is 17.6. The first-order valence-electron chi connectivity index (χ1n) is 7.42. The lowest BCUT2D eigenvalue weighted by Gasteiger charge is -2.24. The van der Waals surface area contributed by atoms with Crippen molar-refractivity contribution in [1.82, 2.24) is 4.90 Å². The van der Waals surface area contributed by atoms with E-state index in [2.05, 4.69) is 0 Å². The van der Waals surface area contributed by atoms with E-state index >= 15 is 0 Å². The number of amides is 1. The summed E-state index contributed by atoms with van der Waals surface area (Å²) in [7, 11) is -2.10. The van der Waals surface area contributed by atoms with Gasteiger partial charge in [0.1, 0.15) is 11.3 Å². The number of carbonyl (C=O) groups is 1. The molecule has 0 aliphatic heterocycles. The third-order valence-corrected chi connectivity index (χ3v) is 4.76. The number of sulfone groups is 1. The molecule has 1 atom stereocenters. The summed E-state index contributed by atoms with van der Waals surface area (Å²) in [6.45, 7) is 6.14. The standard InChI is InChI=1S/C15H24N2O5S/c1-5-16(6-2)9-10-17(19)15(18)13-11-12(23(4,20)21)7-8-14(13)22-3/h7-8,11,17H,5-6,9-10H2,1-4H3. The van der Waals surface area contributed by atoms with Gasteiger partial charge in [0, 0.05) is 12.8 Å². The van der Waals surface area contributed by atoms with Crippen LogP contribution < -0.4 is 9.80 Å². The van der Waals surface area contributed by atoms with Gasteiger partial charge < -0.3 is 15.0 Å². The molecule has 130 valence electrons. The molecule has 1 amide bonds. The van der Waals surface area contributed by atoms with Crippen molar-refractivity contribution in [2.24, 2.45) is 0 Å². The third-order valence-electron chi connectivity index (χ3n) is 3.65. The van der Waals surface area contributed by atoms with Gasteiger partial charge in [0.05, 0.1) is 18.6 Å². The van der Waals surface area contributed by atoms with Crippen LogP contribution in [0.4, 0.5) is 0 Å². The maximum absolute atomic E-state index is 12.3. The van der Waals surface area contributed by atoms with Gasteiger partial charge >= 0.3 is 5.91 Å². The molecule has 1 aromatic rings. The molecule has 23 heavy (non-hydrogen) atoms. The molecule has 0 heterocycles. The number of rotatable bonds is 8. The first-order valence-corrected chi connectivity index (χ1v) is 9.31. The second kappa shape index (κ2) is 8.39. The number of hydrogen-bond acceptors (Lipinski definition) is 6. The van der Waals surface area contributed by atoms with E-state index in [1.807, 2.05) is 18.7 Å². The summed E-state index contributed by atoms with van der Waals surface area (Å²) in [6, 6.07) is 3.94. The monoisotopic (exact) mass is 344 g/mol. The lowest BCUT2D eigenvalue weighted by atomic mass is 10.2. The van der Waals surface area contributed by atoms with E-state index in [1.54, 1.807) is 0 Å². The smallest absolute Gasteiger partial charge is 0.348 e. The summed E-state index contributed by atoms with van der Waals surface area (Å²) in [5.74, 6) is -0.530. The summed E-state index contributed by atoms with van der Waals surface area (Å²) in [5, 5.41) is 11.6. The van der Waals surface area contributed by atoms with Crippen LogP contribution in [0.1, 0.15) is 24.2 Å². The lowest BCUT2D eigenvalue weighted by molar-refractivity contribution is -0.757. The van der Waals surface area contributed by atoms with Crippen LogP contribution in [0.25, 0.3) is 0 Å².